The van der Waals surface area contributed by atoms with E-state index in [0.29, 0.717) is 0 Å². The van der Waals surface area contributed by atoms with Crippen molar-refractivity contribution in [3.05, 3.63) is 58.7 Å². The van der Waals surface area contributed by atoms with Gasteiger partial charge in [-0.25, -0.2) is 0 Å². The molecular formula is C19H30. The Morgan fingerprint density at radius 3 is 2.05 bits per heavy atom. The predicted molar refractivity (Wildman–Crippen MR) is 89.4 cm³/mol. The van der Waals surface area contributed by atoms with E-state index in [1.54, 1.807) is 0 Å². The molecule has 0 fully saturated rings. The average Bonchev–Trinajstić information content (AvgIpc) is 2.41. The lowest BCUT2D eigenvalue weighted by Crippen LogP contribution is -1.94. The molecule has 0 aromatic heterocycles. The standard InChI is InChI=1S/C19H30/c1-8-12-16(6)19(13-9-2)18(11-4)14-17(7)15(5)10-3/h8,10,12,14H,3,9,11,13H2,1-2,4-7H3/b12-8-,17-15-,18-14-,19-16-. The van der Waals surface area contributed by atoms with Crippen molar-refractivity contribution >= 4 is 0 Å². The highest BCUT2D eigenvalue weighted by atomic mass is 14.1. The van der Waals surface area contributed by atoms with Crippen molar-refractivity contribution in [3.63, 3.8) is 0 Å². The fourth-order valence-electron chi connectivity index (χ4n) is 2.15. The lowest BCUT2D eigenvalue weighted by molar-refractivity contribution is 0.883. The van der Waals surface area contributed by atoms with E-state index in [-0.39, 0.29) is 0 Å². The van der Waals surface area contributed by atoms with Gasteiger partial charge in [-0.1, -0.05) is 51.2 Å². The fraction of sp³-hybridized carbons (Fsp3) is 0.474. The summed E-state index contributed by atoms with van der Waals surface area (Å²) in [7, 11) is 0. The summed E-state index contributed by atoms with van der Waals surface area (Å²) in [6.07, 6.45) is 12.0. The van der Waals surface area contributed by atoms with E-state index >= 15 is 0 Å². The maximum atomic E-state index is 3.85. The first kappa shape index (κ1) is 17.7. The lowest BCUT2D eigenvalue weighted by atomic mass is 9.92. The van der Waals surface area contributed by atoms with Crippen LogP contribution in [0, 0.1) is 0 Å². The second kappa shape index (κ2) is 9.61. The summed E-state index contributed by atoms with van der Waals surface area (Å²) in [5.74, 6) is 0. The van der Waals surface area contributed by atoms with Gasteiger partial charge >= 0.3 is 0 Å². The second-order valence-electron chi connectivity index (χ2n) is 5.00. The highest BCUT2D eigenvalue weighted by Crippen LogP contribution is 2.25. The molecule has 0 nitrogen and oxygen atoms in total. The van der Waals surface area contributed by atoms with Crippen LogP contribution in [0.1, 0.15) is 60.8 Å². The Labute approximate surface area is 120 Å². The highest BCUT2D eigenvalue weighted by molar-refractivity contribution is 5.44. The van der Waals surface area contributed by atoms with E-state index in [1.807, 2.05) is 6.08 Å². The van der Waals surface area contributed by atoms with Crippen LogP contribution in [0.3, 0.4) is 0 Å². The topological polar surface area (TPSA) is 0 Å². The van der Waals surface area contributed by atoms with Crippen LogP contribution in [-0.2, 0) is 0 Å². The van der Waals surface area contributed by atoms with Gasteiger partial charge in [0.05, 0.1) is 0 Å². The Balaban J connectivity index is 5.69. The third-order valence-electron chi connectivity index (χ3n) is 3.48. The molecule has 0 aliphatic heterocycles. The fourth-order valence-corrected chi connectivity index (χ4v) is 2.15. The minimum atomic E-state index is 1.08. The summed E-state index contributed by atoms with van der Waals surface area (Å²) in [5, 5.41) is 0. The summed E-state index contributed by atoms with van der Waals surface area (Å²) in [6, 6.07) is 0. The van der Waals surface area contributed by atoms with Gasteiger partial charge in [-0.05, 0) is 68.4 Å². The maximum absolute atomic E-state index is 3.85. The Morgan fingerprint density at radius 1 is 1.00 bits per heavy atom. The summed E-state index contributed by atoms with van der Waals surface area (Å²) in [6.45, 7) is 16.9. The van der Waals surface area contributed by atoms with E-state index in [9.17, 15) is 0 Å². The molecule has 0 aromatic carbocycles. The normalized spacial score (nSPS) is 15.4. The third-order valence-corrected chi connectivity index (χ3v) is 3.48. The molecule has 0 aromatic rings. The Kier molecular flexibility index (Phi) is 8.95. The quantitative estimate of drug-likeness (QED) is 0.455. The molecule has 0 radical (unpaired) electrons. The van der Waals surface area contributed by atoms with Gasteiger partial charge in [0.2, 0.25) is 0 Å². The first-order valence-electron chi connectivity index (χ1n) is 7.34. The van der Waals surface area contributed by atoms with Gasteiger partial charge in [0.15, 0.2) is 0 Å². The first-order valence-corrected chi connectivity index (χ1v) is 7.34. The van der Waals surface area contributed by atoms with Crippen molar-refractivity contribution in [1.29, 1.82) is 0 Å². The lowest BCUT2D eigenvalue weighted by Gasteiger charge is -2.14. The monoisotopic (exact) mass is 258 g/mol. The van der Waals surface area contributed by atoms with E-state index in [1.165, 1.54) is 34.3 Å². The molecular weight excluding hydrogens is 228 g/mol. The Hall–Kier alpha value is -1.30. The smallest absolute Gasteiger partial charge is 0.0276 e. The summed E-state index contributed by atoms with van der Waals surface area (Å²) in [5.41, 5.74) is 6.91. The van der Waals surface area contributed by atoms with Crippen LogP contribution in [0.2, 0.25) is 0 Å². The molecule has 0 unspecified atom stereocenters. The van der Waals surface area contributed by atoms with Gasteiger partial charge in [-0.2, -0.15) is 0 Å². The predicted octanol–water partition coefficient (Wildman–Crippen LogP) is 6.54. The molecule has 106 valence electrons. The van der Waals surface area contributed by atoms with E-state index in [0.717, 1.165) is 12.8 Å². The average molecular weight is 258 g/mol. The van der Waals surface area contributed by atoms with Gasteiger partial charge in [0.1, 0.15) is 0 Å². The van der Waals surface area contributed by atoms with Gasteiger partial charge in [-0.3, -0.25) is 0 Å². The zero-order chi connectivity index (χ0) is 14.8. The number of allylic oxidation sites excluding steroid dienone is 9. The van der Waals surface area contributed by atoms with Crippen molar-refractivity contribution in [2.45, 2.75) is 60.8 Å². The van der Waals surface area contributed by atoms with Crippen LogP contribution in [0.5, 0.6) is 0 Å². The van der Waals surface area contributed by atoms with Crippen LogP contribution >= 0.6 is 0 Å². The molecule has 0 amide bonds. The van der Waals surface area contributed by atoms with Crippen molar-refractivity contribution in [1.82, 2.24) is 0 Å². The van der Waals surface area contributed by atoms with Gasteiger partial charge in [-0.15, -0.1) is 0 Å². The molecule has 0 bridgehead atoms. The van der Waals surface area contributed by atoms with Crippen LogP contribution in [0.15, 0.2) is 58.7 Å². The Bertz CT molecular complexity index is 411. The maximum Gasteiger partial charge on any atom is -0.0276 e. The van der Waals surface area contributed by atoms with Crippen molar-refractivity contribution in [2.24, 2.45) is 0 Å². The second-order valence-corrected chi connectivity index (χ2v) is 5.00. The van der Waals surface area contributed by atoms with Crippen LogP contribution in [0.25, 0.3) is 0 Å². The molecule has 0 spiro atoms. The largest absolute Gasteiger partial charge is 0.0988 e. The molecule has 0 heterocycles. The summed E-state index contributed by atoms with van der Waals surface area (Å²) in [4.78, 5) is 0. The highest BCUT2D eigenvalue weighted by Gasteiger charge is 2.06. The Morgan fingerprint density at radius 2 is 1.63 bits per heavy atom. The molecule has 0 aliphatic carbocycles. The van der Waals surface area contributed by atoms with Crippen LogP contribution < -0.4 is 0 Å². The van der Waals surface area contributed by atoms with E-state index in [4.69, 9.17) is 0 Å². The first-order chi connectivity index (χ1) is 9.01. The number of hydrogen-bond acceptors (Lipinski definition) is 0. The summed E-state index contributed by atoms with van der Waals surface area (Å²) < 4.78 is 0. The minimum absolute atomic E-state index is 1.08. The molecule has 0 atom stereocenters. The molecule has 0 N–H and O–H groups in total. The molecule has 0 rings (SSSR count). The molecule has 19 heavy (non-hydrogen) atoms. The van der Waals surface area contributed by atoms with Crippen molar-refractivity contribution in [2.75, 3.05) is 0 Å². The number of hydrogen-bond donors (Lipinski definition) is 0. The van der Waals surface area contributed by atoms with Crippen molar-refractivity contribution < 1.29 is 0 Å². The minimum Gasteiger partial charge on any atom is -0.0988 e. The molecule has 0 saturated heterocycles. The van der Waals surface area contributed by atoms with Gasteiger partial charge < -0.3 is 0 Å². The zero-order valence-corrected chi connectivity index (χ0v) is 13.6. The van der Waals surface area contributed by atoms with Gasteiger partial charge in [0.25, 0.3) is 0 Å². The summed E-state index contributed by atoms with van der Waals surface area (Å²) >= 11 is 0. The third kappa shape index (κ3) is 5.92. The SMILES string of the molecule is C=C\C(C)=C(C)/C=C(CC)\C(CCC)=C(C)/C=C\C. The van der Waals surface area contributed by atoms with E-state index in [2.05, 4.69) is 66.3 Å². The van der Waals surface area contributed by atoms with Crippen molar-refractivity contribution in [3.8, 4) is 0 Å². The zero-order valence-electron chi connectivity index (χ0n) is 13.6. The van der Waals surface area contributed by atoms with Gasteiger partial charge in [0, 0.05) is 0 Å². The van der Waals surface area contributed by atoms with E-state index < -0.39 is 0 Å². The van der Waals surface area contributed by atoms with Crippen LogP contribution in [-0.4, -0.2) is 0 Å². The molecule has 0 heteroatoms. The number of rotatable bonds is 7. The van der Waals surface area contributed by atoms with Crippen LogP contribution in [0.4, 0.5) is 0 Å². The molecule has 0 saturated carbocycles. The molecule has 0 aliphatic rings.